The molecule has 3 atom stereocenters. The summed E-state index contributed by atoms with van der Waals surface area (Å²) in [6.45, 7) is 0.843. The van der Waals surface area contributed by atoms with Crippen molar-refractivity contribution in [2.45, 2.75) is 17.6 Å². The molecule has 168 valence electrons. The van der Waals surface area contributed by atoms with E-state index in [0.717, 1.165) is 11.8 Å². The van der Waals surface area contributed by atoms with Gasteiger partial charge in [0.05, 0.1) is 9.77 Å². The Labute approximate surface area is 192 Å². The average molecular weight is 480 g/mol. The molecule has 2 aromatic rings. The zero-order chi connectivity index (χ0) is 23.5. The van der Waals surface area contributed by atoms with E-state index in [-0.39, 0.29) is 16.8 Å². The van der Waals surface area contributed by atoms with Gasteiger partial charge >= 0.3 is 0 Å². The first-order valence-corrected chi connectivity index (χ1v) is 10.6. The number of primary amides is 1. The number of aromatic nitrogens is 1. The summed E-state index contributed by atoms with van der Waals surface area (Å²) in [5.41, 5.74) is 11.8. The second-order valence-corrected chi connectivity index (χ2v) is 8.89. The number of halogens is 3. The lowest BCUT2D eigenvalue weighted by molar-refractivity contribution is -0.113. The third-order valence-corrected chi connectivity index (χ3v) is 6.82. The molecule has 1 aromatic carbocycles. The molecule has 2 amide bonds. The molecule has 1 fully saturated rings. The molecule has 1 aliphatic rings. The Morgan fingerprint density at radius 3 is 2.72 bits per heavy atom. The molecule has 0 aliphatic heterocycles. The third-order valence-electron chi connectivity index (χ3n) is 5.14. The quantitative estimate of drug-likeness (QED) is 0.242. The molecule has 0 bridgehead atoms. The lowest BCUT2D eigenvalue weighted by Gasteiger charge is -2.14. The first-order valence-electron chi connectivity index (χ1n) is 9.44. The summed E-state index contributed by atoms with van der Waals surface area (Å²) in [6.07, 6.45) is 4.05. The lowest BCUT2D eigenvalue weighted by Crippen LogP contribution is -2.18. The number of pyridine rings is 1. The molecule has 1 aliphatic carbocycles. The van der Waals surface area contributed by atoms with Crippen molar-refractivity contribution in [1.29, 1.82) is 0 Å². The highest BCUT2D eigenvalue weighted by Crippen LogP contribution is 2.66. The van der Waals surface area contributed by atoms with Gasteiger partial charge in [0, 0.05) is 23.9 Å². The Morgan fingerprint density at radius 2 is 2.09 bits per heavy atom. The molecule has 1 aromatic heterocycles. The summed E-state index contributed by atoms with van der Waals surface area (Å²) < 4.78 is 26.5. The van der Waals surface area contributed by atoms with Crippen LogP contribution in [0.15, 0.2) is 53.7 Å². The van der Waals surface area contributed by atoms with E-state index >= 15 is 0 Å². The molecule has 32 heavy (non-hydrogen) atoms. The maximum atomic E-state index is 14.8. The van der Waals surface area contributed by atoms with Crippen LogP contribution >= 0.6 is 23.4 Å². The van der Waals surface area contributed by atoms with Crippen LogP contribution in [-0.2, 0) is 4.79 Å². The fraction of sp³-hybridized carbons (Fsp3) is 0.238. The Balaban J connectivity index is 1.90. The largest absolute Gasteiger partial charge is 0.378 e. The number of carbonyl (C=O) groups is 2. The number of hydrogen-bond donors (Lipinski definition) is 3. The van der Waals surface area contributed by atoms with Gasteiger partial charge in [-0.1, -0.05) is 36.4 Å². The average Bonchev–Trinajstić information content (AvgIpc) is 3.30. The highest BCUT2D eigenvalue weighted by atomic mass is 35.5. The van der Waals surface area contributed by atoms with Gasteiger partial charge in [-0.3, -0.25) is 9.59 Å². The number of amidine groups is 1. The second kappa shape index (κ2) is 9.66. The Bertz CT molecular complexity index is 1100. The number of thioether (sulfide) groups is 1. The first-order chi connectivity index (χ1) is 15.2. The molecule has 11 heteroatoms. The van der Waals surface area contributed by atoms with E-state index in [1.54, 1.807) is 0 Å². The van der Waals surface area contributed by atoms with Gasteiger partial charge in [-0.05, 0) is 41.8 Å². The van der Waals surface area contributed by atoms with Gasteiger partial charge < -0.3 is 16.8 Å². The van der Waals surface area contributed by atoms with Crippen LogP contribution in [0.5, 0.6) is 0 Å². The summed E-state index contributed by atoms with van der Waals surface area (Å²) in [6, 6.07) is 7.16. The number of amides is 2. The van der Waals surface area contributed by atoms with Crippen molar-refractivity contribution in [1.82, 2.24) is 4.98 Å². The highest BCUT2D eigenvalue weighted by Gasteiger charge is 2.63. The minimum absolute atomic E-state index is 0.0327. The minimum atomic E-state index is -0.998. The van der Waals surface area contributed by atoms with Crippen LogP contribution in [0.4, 0.5) is 14.5 Å². The van der Waals surface area contributed by atoms with E-state index in [1.165, 1.54) is 48.7 Å². The number of rotatable bonds is 7. The molecular weight excluding hydrogens is 460 g/mol. The molecule has 0 radical (unpaired) electrons. The molecular formula is C21H20ClF2N5O2S. The fourth-order valence-corrected chi connectivity index (χ4v) is 5.00. The van der Waals surface area contributed by atoms with Crippen molar-refractivity contribution in [2.75, 3.05) is 12.1 Å². The van der Waals surface area contributed by atoms with Crippen LogP contribution in [0, 0.1) is 11.7 Å². The maximum absolute atomic E-state index is 14.8. The van der Waals surface area contributed by atoms with Crippen LogP contribution < -0.4 is 16.8 Å². The molecule has 0 spiro atoms. The summed E-state index contributed by atoms with van der Waals surface area (Å²) in [5.74, 6) is -2.28. The second-order valence-electron chi connectivity index (χ2n) is 7.13. The van der Waals surface area contributed by atoms with Gasteiger partial charge in [-0.2, -0.15) is 0 Å². The SMILES string of the molecule is CC1C(c2cc(NC(=O)c3ccc(Cl)cn3)ccc2F)[C@@]1(/C=C/C(N)=O)S/C(N)=N\CF. The molecule has 1 saturated carbocycles. The Morgan fingerprint density at radius 1 is 1.34 bits per heavy atom. The van der Waals surface area contributed by atoms with E-state index in [4.69, 9.17) is 23.1 Å². The van der Waals surface area contributed by atoms with Crippen molar-refractivity contribution in [2.24, 2.45) is 22.4 Å². The third kappa shape index (κ3) is 5.08. The zero-order valence-corrected chi connectivity index (χ0v) is 18.5. The number of benzene rings is 1. The van der Waals surface area contributed by atoms with E-state index in [9.17, 15) is 18.4 Å². The van der Waals surface area contributed by atoms with Gasteiger partial charge in [-0.25, -0.2) is 18.8 Å². The van der Waals surface area contributed by atoms with Crippen molar-refractivity contribution in [3.8, 4) is 0 Å². The highest BCUT2D eigenvalue weighted by molar-refractivity contribution is 8.15. The monoisotopic (exact) mass is 479 g/mol. The number of nitrogens with zero attached hydrogens (tertiary/aromatic N) is 2. The molecule has 1 heterocycles. The van der Waals surface area contributed by atoms with Crippen molar-refractivity contribution >= 4 is 46.0 Å². The van der Waals surface area contributed by atoms with Gasteiger partial charge in [0.1, 0.15) is 11.5 Å². The molecule has 7 nitrogen and oxygen atoms in total. The Hall–Kier alpha value is -2.98. The standard InChI is InChI=1S/C21H20ClF2N5O2S/c1-11-18(21(11,7-6-17(25)30)32-20(26)28-10-23)14-8-13(3-4-15(14)24)29-19(31)16-5-2-12(22)9-27-16/h2-9,11,18H,10H2,1H3,(H2,25,30)(H2,26,28)(H,29,31)/b7-6+/t11?,18?,21-/m0/s1. The van der Waals surface area contributed by atoms with E-state index in [1.807, 2.05) is 6.92 Å². The summed E-state index contributed by atoms with van der Waals surface area (Å²) in [4.78, 5) is 31.2. The number of hydrogen-bond acceptors (Lipinski definition) is 5. The van der Waals surface area contributed by atoms with Crippen LogP contribution in [-0.4, -0.2) is 33.5 Å². The van der Waals surface area contributed by atoms with Crippen molar-refractivity contribution in [3.05, 3.63) is 70.8 Å². The maximum Gasteiger partial charge on any atom is 0.274 e. The summed E-state index contributed by atoms with van der Waals surface area (Å²) in [5, 5.41) is 3.03. The van der Waals surface area contributed by atoms with Gasteiger partial charge in [0.25, 0.3) is 5.91 Å². The van der Waals surface area contributed by atoms with E-state index in [0.29, 0.717) is 16.3 Å². The number of aliphatic imine (C=N–C) groups is 1. The number of nitrogens with two attached hydrogens (primary N) is 2. The fourth-order valence-electron chi connectivity index (χ4n) is 3.56. The van der Waals surface area contributed by atoms with Crippen LogP contribution in [0.3, 0.4) is 0 Å². The predicted octanol–water partition coefficient (Wildman–Crippen LogP) is 3.61. The minimum Gasteiger partial charge on any atom is -0.378 e. The molecule has 0 saturated heterocycles. The van der Waals surface area contributed by atoms with Crippen LogP contribution in [0.2, 0.25) is 5.02 Å². The topological polar surface area (TPSA) is 123 Å². The summed E-state index contributed by atoms with van der Waals surface area (Å²) in [7, 11) is 0. The number of carbonyl (C=O) groups excluding carboxylic acids is 2. The van der Waals surface area contributed by atoms with E-state index < -0.39 is 35.1 Å². The van der Waals surface area contributed by atoms with Gasteiger partial charge in [-0.15, -0.1) is 0 Å². The molecule has 3 rings (SSSR count). The van der Waals surface area contributed by atoms with E-state index in [2.05, 4.69) is 15.3 Å². The Kier molecular flexibility index (Phi) is 7.15. The predicted molar refractivity (Wildman–Crippen MR) is 122 cm³/mol. The van der Waals surface area contributed by atoms with Crippen molar-refractivity contribution < 1.29 is 18.4 Å². The first kappa shape index (κ1) is 23.7. The molecule has 2 unspecified atom stereocenters. The van der Waals surface area contributed by atoms with Crippen LogP contribution in [0.1, 0.15) is 28.9 Å². The van der Waals surface area contributed by atoms with Crippen LogP contribution in [0.25, 0.3) is 0 Å². The normalized spacial score (nSPS) is 22.7. The smallest absolute Gasteiger partial charge is 0.274 e. The number of anilines is 1. The number of nitrogens with one attached hydrogen (secondary N) is 1. The lowest BCUT2D eigenvalue weighted by atomic mass is 10.1. The number of alkyl halides is 1. The summed E-state index contributed by atoms with van der Waals surface area (Å²) >= 11 is 6.82. The van der Waals surface area contributed by atoms with Gasteiger partial charge in [0.2, 0.25) is 5.91 Å². The van der Waals surface area contributed by atoms with Crippen molar-refractivity contribution in [3.63, 3.8) is 0 Å². The van der Waals surface area contributed by atoms with Gasteiger partial charge in [0.15, 0.2) is 12.0 Å². The zero-order valence-electron chi connectivity index (χ0n) is 16.9. The molecule has 5 N–H and O–H groups in total.